The molecule has 1 amide bonds. The minimum absolute atomic E-state index is 0.0344. The van der Waals surface area contributed by atoms with Crippen LogP contribution in [0.3, 0.4) is 0 Å². The molecule has 0 saturated heterocycles. The number of benzene rings is 2. The van der Waals surface area contributed by atoms with E-state index >= 15 is 0 Å². The molecule has 0 bridgehead atoms. The molecular weight excluding hydrogens is 483 g/mol. The maximum Gasteiger partial charge on any atom is 0.416 e. The van der Waals surface area contributed by atoms with Crippen LogP contribution in [-0.2, 0) is 20.8 Å². The third-order valence-electron chi connectivity index (χ3n) is 4.22. The topological polar surface area (TPSA) is 118 Å². The van der Waals surface area contributed by atoms with Gasteiger partial charge in [0.1, 0.15) is 5.75 Å². The van der Waals surface area contributed by atoms with Crippen LogP contribution in [0.15, 0.2) is 74.5 Å². The molecule has 174 valence electrons. The average molecular weight is 499 g/mol. The average Bonchev–Trinajstić information content (AvgIpc) is 2.77. The zero-order chi connectivity index (χ0) is 24.2. The number of aromatic amines is 1. The molecule has 3 aromatic rings. The number of anilines is 1. The first-order chi connectivity index (χ1) is 15.5. The van der Waals surface area contributed by atoms with Crippen LogP contribution in [0.25, 0.3) is 0 Å². The predicted octanol–water partition coefficient (Wildman–Crippen LogP) is 3.36. The van der Waals surface area contributed by atoms with E-state index in [1.807, 2.05) is 0 Å². The molecule has 1 heterocycles. The SMILES string of the molecule is COc1ccc(S(=O)(=O)c2cnc(SCC(=O)Nc3cccc(C(F)(F)F)c3)[nH]c2=O)cc1. The van der Waals surface area contributed by atoms with Crippen LogP contribution in [0.5, 0.6) is 5.75 Å². The summed E-state index contributed by atoms with van der Waals surface area (Å²) in [5.41, 5.74) is -1.88. The molecule has 0 fully saturated rings. The second-order valence-electron chi connectivity index (χ2n) is 6.48. The molecule has 0 aliphatic carbocycles. The summed E-state index contributed by atoms with van der Waals surface area (Å²) in [6.07, 6.45) is -3.67. The molecule has 0 aliphatic heterocycles. The molecule has 0 aliphatic rings. The number of aromatic nitrogens is 2. The molecule has 0 saturated carbocycles. The lowest BCUT2D eigenvalue weighted by atomic mass is 10.2. The summed E-state index contributed by atoms with van der Waals surface area (Å²) in [4.78, 5) is 29.8. The minimum Gasteiger partial charge on any atom is -0.497 e. The van der Waals surface area contributed by atoms with Gasteiger partial charge in [0.25, 0.3) is 5.56 Å². The number of nitrogens with one attached hydrogen (secondary N) is 2. The molecule has 0 spiro atoms. The van der Waals surface area contributed by atoms with E-state index in [0.29, 0.717) is 5.75 Å². The Morgan fingerprint density at radius 3 is 2.48 bits per heavy atom. The third kappa shape index (κ3) is 5.93. The summed E-state index contributed by atoms with van der Waals surface area (Å²) in [6, 6.07) is 9.57. The molecule has 0 atom stereocenters. The number of carbonyl (C=O) groups excluding carboxylic acids is 1. The number of methoxy groups -OCH3 is 1. The number of hydrogen-bond donors (Lipinski definition) is 2. The van der Waals surface area contributed by atoms with Gasteiger partial charge in [0.2, 0.25) is 15.7 Å². The fraction of sp³-hybridized carbons (Fsp3) is 0.150. The van der Waals surface area contributed by atoms with Gasteiger partial charge in [0.15, 0.2) is 10.1 Å². The van der Waals surface area contributed by atoms with Crippen molar-refractivity contribution in [2.75, 3.05) is 18.2 Å². The molecule has 2 N–H and O–H groups in total. The number of alkyl halides is 3. The van der Waals surface area contributed by atoms with Crippen LogP contribution >= 0.6 is 11.8 Å². The maximum absolute atomic E-state index is 12.8. The summed E-state index contributed by atoms with van der Waals surface area (Å²) in [7, 11) is -2.72. The van der Waals surface area contributed by atoms with Crippen LogP contribution in [-0.4, -0.2) is 37.2 Å². The number of rotatable bonds is 7. The van der Waals surface area contributed by atoms with Crippen LogP contribution in [0.4, 0.5) is 18.9 Å². The van der Waals surface area contributed by atoms with Gasteiger partial charge in [-0.2, -0.15) is 13.2 Å². The summed E-state index contributed by atoms with van der Waals surface area (Å²) >= 11 is 0.779. The first kappa shape index (κ1) is 24.3. The van der Waals surface area contributed by atoms with E-state index in [9.17, 15) is 31.2 Å². The highest BCUT2D eigenvalue weighted by Gasteiger charge is 2.30. The number of halogens is 3. The second-order valence-corrected chi connectivity index (χ2v) is 9.36. The fourth-order valence-electron chi connectivity index (χ4n) is 2.62. The molecule has 13 heteroatoms. The van der Waals surface area contributed by atoms with E-state index in [2.05, 4.69) is 15.3 Å². The lowest BCUT2D eigenvalue weighted by molar-refractivity contribution is -0.137. The summed E-state index contributed by atoms with van der Waals surface area (Å²) < 4.78 is 68.6. The molecule has 33 heavy (non-hydrogen) atoms. The van der Waals surface area contributed by atoms with Gasteiger partial charge in [-0.25, -0.2) is 13.4 Å². The van der Waals surface area contributed by atoms with Crippen molar-refractivity contribution in [3.63, 3.8) is 0 Å². The molecule has 0 radical (unpaired) electrons. The Morgan fingerprint density at radius 2 is 1.88 bits per heavy atom. The number of carbonyl (C=O) groups is 1. The van der Waals surface area contributed by atoms with Crippen molar-refractivity contribution in [1.82, 2.24) is 9.97 Å². The highest BCUT2D eigenvalue weighted by molar-refractivity contribution is 7.99. The third-order valence-corrected chi connectivity index (χ3v) is 6.87. The molecule has 3 rings (SSSR count). The Labute approximate surface area is 190 Å². The first-order valence-electron chi connectivity index (χ1n) is 9.09. The van der Waals surface area contributed by atoms with Gasteiger partial charge in [-0.05, 0) is 42.5 Å². The van der Waals surface area contributed by atoms with Crippen LogP contribution in [0, 0.1) is 0 Å². The van der Waals surface area contributed by atoms with E-state index in [-0.39, 0.29) is 21.5 Å². The van der Waals surface area contributed by atoms with E-state index in [1.165, 1.54) is 37.4 Å². The van der Waals surface area contributed by atoms with Gasteiger partial charge in [-0.3, -0.25) is 9.59 Å². The van der Waals surface area contributed by atoms with Crippen molar-refractivity contribution >= 4 is 33.2 Å². The van der Waals surface area contributed by atoms with Gasteiger partial charge < -0.3 is 15.0 Å². The maximum atomic E-state index is 12.8. The van der Waals surface area contributed by atoms with Crippen LogP contribution < -0.4 is 15.6 Å². The van der Waals surface area contributed by atoms with Crippen molar-refractivity contribution in [3.05, 3.63) is 70.6 Å². The van der Waals surface area contributed by atoms with Gasteiger partial charge >= 0.3 is 6.18 Å². The van der Waals surface area contributed by atoms with Crippen LogP contribution in [0.1, 0.15) is 5.56 Å². The van der Waals surface area contributed by atoms with Crippen molar-refractivity contribution in [3.8, 4) is 5.75 Å². The number of nitrogens with zero attached hydrogens (tertiary/aromatic N) is 1. The normalized spacial score (nSPS) is 11.8. The number of H-pyrrole nitrogens is 1. The fourth-order valence-corrected chi connectivity index (χ4v) is 4.48. The molecular formula is C20H16F3N3O5S2. The van der Waals surface area contributed by atoms with E-state index in [1.54, 1.807) is 0 Å². The Hall–Kier alpha value is -3.32. The van der Waals surface area contributed by atoms with E-state index in [4.69, 9.17) is 4.74 Å². The smallest absolute Gasteiger partial charge is 0.416 e. The van der Waals surface area contributed by atoms with Crippen molar-refractivity contribution in [2.45, 2.75) is 21.1 Å². The van der Waals surface area contributed by atoms with E-state index in [0.717, 1.165) is 36.2 Å². The lowest BCUT2D eigenvalue weighted by Gasteiger charge is -2.10. The monoisotopic (exact) mass is 499 g/mol. The zero-order valence-corrected chi connectivity index (χ0v) is 18.5. The number of amides is 1. The number of sulfone groups is 1. The van der Waals surface area contributed by atoms with Crippen LogP contribution in [0.2, 0.25) is 0 Å². The summed E-state index contributed by atoms with van der Waals surface area (Å²) in [6.45, 7) is 0. The van der Waals surface area contributed by atoms with Crippen molar-refractivity contribution < 1.29 is 31.1 Å². The Bertz CT molecular complexity index is 1320. The summed E-state index contributed by atoms with van der Waals surface area (Å²) in [5.74, 6) is -0.489. The van der Waals surface area contributed by atoms with Gasteiger partial charge in [0.05, 0.1) is 29.5 Å². The number of thioether (sulfide) groups is 1. The van der Waals surface area contributed by atoms with Crippen molar-refractivity contribution in [1.29, 1.82) is 0 Å². The predicted molar refractivity (Wildman–Crippen MR) is 114 cm³/mol. The minimum atomic E-state index is -4.55. The molecule has 1 aromatic heterocycles. The van der Waals surface area contributed by atoms with E-state index < -0.39 is 37.9 Å². The Balaban J connectivity index is 1.68. The van der Waals surface area contributed by atoms with Crippen molar-refractivity contribution in [2.24, 2.45) is 0 Å². The highest BCUT2D eigenvalue weighted by Crippen LogP contribution is 2.30. The number of ether oxygens (including phenoxy) is 1. The van der Waals surface area contributed by atoms with Gasteiger partial charge in [-0.15, -0.1) is 0 Å². The quantitative estimate of drug-likeness (QED) is 0.378. The lowest BCUT2D eigenvalue weighted by Crippen LogP contribution is -2.20. The summed E-state index contributed by atoms with van der Waals surface area (Å²) in [5, 5.41) is 2.29. The molecule has 2 aromatic carbocycles. The Kier molecular flexibility index (Phi) is 7.12. The van der Waals surface area contributed by atoms with Gasteiger partial charge in [-0.1, -0.05) is 17.8 Å². The first-order valence-corrected chi connectivity index (χ1v) is 11.6. The van der Waals surface area contributed by atoms with Gasteiger partial charge in [0, 0.05) is 5.69 Å². The molecule has 0 unspecified atom stereocenters. The molecule has 8 nitrogen and oxygen atoms in total. The Morgan fingerprint density at radius 1 is 1.18 bits per heavy atom. The standard InChI is InChI=1S/C20H16F3N3O5S2/c1-31-14-5-7-15(8-6-14)33(29,30)16-10-24-19(26-18(16)28)32-11-17(27)25-13-4-2-3-12(9-13)20(21,22)23/h2-10H,11H2,1H3,(H,25,27)(H,24,26,28). The zero-order valence-electron chi connectivity index (χ0n) is 16.8. The second kappa shape index (κ2) is 9.67. The largest absolute Gasteiger partial charge is 0.497 e. The highest BCUT2D eigenvalue weighted by atomic mass is 32.2. The number of hydrogen-bond acceptors (Lipinski definition) is 7.